The van der Waals surface area contributed by atoms with E-state index in [1.807, 2.05) is 0 Å². The molecule has 1 saturated heterocycles. The second-order valence-electron chi connectivity index (χ2n) is 10.2. The summed E-state index contributed by atoms with van der Waals surface area (Å²) in [6.45, 7) is 6.05. The number of aromatic hydroxyl groups is 1. The van der Waals surface area contributed by atoms with Crippen molar-refractivity contribution in [3.05, 3.63) is 30.6 Å². The Morgan fingerprint density at radius 1 is 1.16 bits per heavy atom. The molecule has 3 N–H and O–H groups in total. The molecule has 13 heteroatoms. The second kappa shape index (κ2) is 8.70. The highest BCUT2D eigenvalue weighted by atomic mass is 32.2. The van der Waals surface area contributed by atoms with Crippen molar-refractivity contribution in [1.82, 2.24) is 28.6 Å². The molecule has 0 radical (unpaired) electrons. The molecule has 5 rings (SSSR count). The highest BCUT2D eigenvalue weighted by Crippen LogP contribution is 2.37. The highest BCUT2D eigenvalue weighted by molar-refractivity contribution is 7.88. The van der Waals surface area contributed by atoms with Crippen molar-refractivity contribution < 1.29 is 23.1 Å². The molecule has 3 aromatic heterocycles. The molecular formula is C24H29N7O5S. The highest BCUT2D eigenvalue weighted by Gasteiger charge is 2.31. The van der Waals surface area contributed by atoms with Gasteiger partial charge in [-0.2, -0.15) is 5.10 Å². The molecule has 12 nitrogen and oxygen atoms in total. The average Bonchev–Trinajstić information content (AvgIpc) is 3.36. The number of benzene rings is 1. The van der Waals surface area contributed by atoms with E-state index in [-0.39, 0.29) is 17.6 Å². The van der Waals surface area contributed by atoms with E-state index in [4.69, 9.17) is 15.6 Å². The van der Waals surface area contributed by atoms with Crippen LogP contribution >= 0.6 is 0 Å². The van der Waals surface area contributed by atoms with Gasteiger partial charge in [0, 0.05) is 18.5 Å². The van der Waals surface area contributed by atoms with Crippen LogP contribution in [0.25, 0.3) is 33.3 Å². The fraction of sp³-hybridized carbons (Fsp3) is 0.417. The first-order valence-electron chi connectivity index (χ1n) is 11.9. The van der Waals surface area contributed by atoms with Gasteiger partial charge in [0.05, 0.1) is 28.9 Å². The van der Waals surface area contributed by atoms with Gasteiger partial charge in [0.2, 0.25) is 10.0 Å². The van der Waals surface area contributed by atoms with Gasteiger partial charge in [0.15, 0.2) is 5.65 Å². The number of nitrogen functional groups attached to an aromatic ring is 1. The first-order chi connectivity index (χ1) is 17.3. The van der Waals surface area contributed by atoms with Crippen LogP contribution in [0.2, 0.25) is 0 Å². The number of nitrogens with zero attached hydrogens (tertiary/aromatic N) is 6. The first-order valence-corrected chi connectivity index (χ1v) is 13.7. The maximum absolute atomic E-state index is 13.4. The fourth-order valence-corrected chi connectivity index (χ4v) is 5.60. The lowest BCUT2D eigenvalue weighted by Gasteiger charge is -2.30. The Morgan fingerprint density at radius 2 is 1.86 bits per heavy atom. The first kappa shape index (κ1) is 25.0. The number of phenols is 1. The van der Waals surface area contributed by atoms with Gasteiger partial charge < -0.3 is 15.6 Å². The average molecular weight is 528 g/mol. The van der Waals surface area contributed by atoms with Crippen LogP contribution in [-0.2, 0) is 14.8 Å². The number of nitrogens with two attached hydrogens (primary N) is 1. The molecule has 4 heterocycles. The maximum Gasteiger partial charge on any atom is 0.419 e. The van der Waals surface area contributed by atoms with Crippen LogP contribution in [0.3, 0.4) is 0 Å². The van der Waals surface area contributed by atoms with Gasteiger partial charge >= 0.3 is 6.09 Å². The number of carbonyl (C=O) groups excluding carboxylic acids is 1. The Bertz CT molecular complexity index is 1630. The third-order valence-electron chi connectivity index (χ3n) is 6.36. The van der Waals surface area contributed by atoms with Crippen molar-refractivity contribution >= 4 is 43.9 Å². The lowest BCUT2D eigenvalue weighted by Crippen LogP contribution is -2.38. The van der Waals surface area contributed by atoms with E-state index in [0.29, 0.717) is 59.3 Å². The summed E-state index contributed by atoms with van der Waals surface area (Å²) >= 11 is 0. The minimum Gasteiger partial charge on any atom is -0.508 e. The summed E-state index contributed by atoms with van der Waals surface area (Å²) < 4.78 is 34.3. The predicted molar refractivity (Wildman–Crippen MR) is 139 cm³/mol. The van der Waals surface area contributed by atoms with Crippen molar-refractivity contribution in [2.24, 2.45) is 0 Å². The summed E-state index contributed by atoms with van der Waals surface area (Å²) in [4.78, 5) is 22.0. The molecule has 1 aliphatic rings. The molecule has 0 amide bonds. The largest absolute Gasteiger partial charge is 0.508 e. The van der Waals surface area contributed by atoms with Gasteiger partial charge in [-0.3, -0.25) is 0 Å². The molecule has 4 aromatic rings. The van der Waals surface area contributed by atoms with Gasteiger partial charge in [-0.1, -0.05) is 0 Å². The standard InChI is InChI=1S/C24H29N7O5S/c1-24(2,3)36-23(33)30-17-6-5-16(32)11-14(17)12-18(30)20-19-21(25)26-13-27-22(19)31(28-20)15-7-9-29(10-8-15)37(4,34)35/h5-6,11-13,15,32H,7-10H2,1-4H3,(H2,25,26,27). The zero-order valence-electron chi connectivity index (χ0n) is 21.0. The minimum absolute atomic E-state index is 0.0521. The molecule has 1 aromatic carbocycles. The molecule has 0 saturated carbocycles. The van der Waals surface area contributed by atoms with E-state index < -0.39 is 21.7 Å². The maximum atomic E-state index is 13.4. The van der Waals surface area contributed by atoms with E-state index in [1.54, 1.807) is 43.7 Å². The SMILES string of the molecule is CC(C)(C)OC(=O)n1c(-c2nn(C3CCN(S(C)(=O)=O)CC3)c3ncnc(N)c23)cc2cc(O)ccc21. The van der Waals surface area contributed by atoms with Crippen LogP contribution in [0.5, 0.6) is 5.75 Å². The van der Waals surface area contributed by atoms with Crippen molar-refractivity contribution in [3.8, 4) is 17.1 Å². The number of hydrogen-bond acceptors (Lipinski definition) is 9. The second-order valence-corrected chi connectivity index (χ2v) is 12.2. The van der Waals surface area contributed by atoms with Gasteiger partial charge in [0.1, 0.15) is 29.2 Å². The molecule has 0 aliphatic carbocycles. The van der Waals surface area contributed by atoms with E-state index in [2.05, 4.69) is 9.97 Å². The van der Waals surface area contributed by atoms with E-state index >= 15 is 0 Å². The molecule has 0 unspecified atom stereocenters. The van der Waals surface area contributed by atoms with Crippen molar-refractivity contribution in [3.63, 3.8) is 0 Å². The van der Waals surface area contributed by atoms with Crippen LogP contribution in [-0.4, -0.2) is 73.2 Å². The summed E-state index contributed by atoms with van der Waals surface area (Å²) in [5.41, 5.74) is 7.37. The molecule has 0 bridgehead atoms. The minimum atomic E-state index is -3.28. The third-order valence-corrected chi connectivity index (χ3v) is 7.66. The van der Waals surface area contributed by atoms with Crippen molar-refractivity contribution in [2.75, 3.05) is 25.1 Å². The Kier molecular flexibility index (Phi) is 5.87. The van der Waals surface area contributed by atoms with Gasteiger partial charge in [0.25, 0.3) is 0 Å². The zero-order chi connectivity index (χ0) is 26.7. The Hall–Kier alpha value is -3.71. The summed E-state index contributed by atoms with van der Waals surface area (Å²) in [7, 11) is -3.28. The van der Waals surface area contributed by atoms with E-state index in [0.717, 1.165) is 0 Å². The monoisotopic (exact) mass is 527 g/mol. The smallest absolute Gasteiger partial charge is 0.419 e. The summed E-state index contributed by atoms with van der Waals surface area (Å²) in [5.74, 6) is 0.250. The van der Waals surface area contributed by atoms with Gasteiger partial charge in [-0.05, 0) is 57.9 Å². The lowest BCUT2D eigenvalue weighted by molar-refractivity contribution is 0.0547. The van der Waals surface area contributed by atoms with Crippen LogP contribution in [0.15, 0.2) is 30.6 Å². The molecule has 196 valence electrons. The summed E-state index contributed by atoms with van der Waals surface area (Å²) in [5, 5.41) is 16.0. The van der Waals surface area contributed by atoms with Crippen LogP contribution < -0.4 is 5.73 Å². The number of fused-ring (bicyclic) bond motifs is 2. The van der Waals surface area contributed by atoms with Crippen molar-refractivity contribution in [1.29, 1.82) is 0 Å². The number of hydrogen-bond donors (Lipinski definition) is 2. The van der Waals surface area contributed by atoms with Crippen LogP contribution in [0.4, 0.5) is 10.6 Å². The molecule has 1 aliphatic heterocycles. The Morgan fingerprint density at radius 3 is 2.51 bits per heavy atom. The molecule has 0 spiro atoms. The number of piperidine rings is 1. The van der Waals surface area contributed by atoms with Crippen LogP contribution in [0.1, 0.15) is 39.7 Å². The number of rotatable bonds is 3. The van der Waals surface area contributed by atoms with Crippen molar-refractivity contribution in [2.45, 2.75) is 45.3 Å². The zero-order valence-corrected chi connectivity index (χ0v) is 21.9. The quantitative estimate of drug-likeness (QED) is 0.408. The topological polar surface area (TPSA) is 158 Å². The normalized spacial score (nSPS) is 16.0. The van der Waals surface area contributed by atoms with E-state index in [9.17, 15) is 18.3 Å². The van der Waals surface area contributed by atoms with Crippen LogP contribution in [0, 0.1) is 0 Å². The number of anilines is 1. The molecule has 37 heavy (non-hydrogen) atoms. The molecule has 1 fully saturated rings. The fourth-order valence-electron chi connectivity index (χ4n) is 4.73. The number of aromatic nitrogens is 5. The molecule has 0 atom stereocenters. The summed E-state index contributed by atoms with van der Waals surface area (Å²) in [6.07, 6.45) is 3.03. The van der Waals surface area contributed by atoms with E-state index in [1.165, 1.54) is 27.5 Å². The third kappa shape index (κ3) is 4.60. The summed E-state index contributed by atoms with van der Waals surface area (Å²) in [6, 6.07) is 6.30. The Labute approximate surface area is 213 Å². The Balaban J connectivity index is 1.69. The van der Waals surface area contributed by atoms with Gasteiger partial charge in [-0.25, -0.2) is 36.7 Å². The lowest BCUT2D eigenvalue weighted by atomic mass is 10.1. The number of carbonyl (C=O) groups is 1. The van der Waals surface area contributed by atoms with Gasteiger partial charge in [-0.15, -0.1) is 0 Å². The number of ether oxygens (including phenoxy) is 1. The number of phenolic OH excluding ortho intramolecular Hbond substituents is 1. The predicted octanol–water partition coefficient (Wildman–Crippen LogP) is 3.12. The number of sulfonamides is 1. The molecular weight excluding hydrogens is 498 g/mol.